The Kier molecular flexibility index (Phi) is 2.73. The Bertz CT molecular complexity index is 540. The molecular weight excluding hydrogens is 224 g/mol. The van der Waals surface area contributed by atoms with Crippen LogP contribution in [0.4, 0.5) is 0 Å². The highest BCUT2D eigenvalue weighted by Crippen LogP contribution is 2.45. The van der Waals surface area contributed by atoms with E-state index in [0.29, 0.717) is 18.1 Å². The molecule has 0 fully saturated rings. The van der Waals surface area contributed by atoms with Crippen molar-refractivity contribution in [2.75, 3.05) is 7.11 Å². The number of ether oxygens (including phenoxy) is 1. The van der Waals surface area contributed by atoms with Crippen molar-refractivity contribution in [2.24, 2.45) is 0 Å². The standard InChI is InChI=1S/C16H18O2/c1-10-11-6-7-14-12(4-3-5-16(14)18-2)13(11)8-9-15(10)17/h3-5,13H,6-9H2,1-2H3. The normalized spacial score (nSPS) is 22.6. The number of benzene rings is 1. The van der Waals surface area contributed by atoms with Gasteiger partial charge in [0.2, 0.25) is 0 Å². The van der Waals surface area contributed by atoms with E-state index in [-0.39, 0.29) is 0 Å². The molecule has 3 rings (SSSR count). The number of ketones is 1. The number of carbonyl (C=O) groups is 1. The number of carbonyl (C=O) groups excluding carboxylic acids is 1. The van der Waals surface area contributed by atoms with E-state index < -0.39 is 0 Å². The van der Waals surface area contributed by atoms with Crippen LogP contribution in [0, 0.1) is 0 Å². The zero-order valence-corrected chi connectivity index (χ0v) is 11.0. The molecule has 2 heteroatoms. The van der Waals surface area contributed by atoms with Crippen molar-refractivity contribution in [3.63, 3.8) is 0 Å². The van der Waals surface area contributed by atoms with Crippen molar-refractivity contribution < 1.29 is 9.53 Å². The van der Waals surface area contributed by atoms with Gasteiger partial charge in [0.1, 0.15) is 5.75 Å². The van der Waals surface area contributed by atoms with E-state index in [1.54, 1.807) is 7.11 Å². The van der Waals surface area contributed by atoms with E-state index in [9.17, 15) is 4.79 Å². The van der Waals surface area contributed by atoms with Crippen LogP contribution in [0.15, 0.2) is 29.3 Å². The van der Waals surface area contributed by atoms with Gasteiger partial charge in [-0.2, -0.15) is 0 Å². The Morgan fingerprint density at radius 1 is 1.22 bits per heavy atom. The summed E-state index contributed by atoms with van der Waals surface area (Å²) < 4.78 is 5.46. The number of rotatable bonds is 1. The fraction of sp³-hybridized carbons (Fsp3) is 0.438. The SMILES string of the molecule is COc1cccc2c1CCC1=C(C)C(=O)CCC12. The van der Waals surface area contributed by atoms with Gasteiger partial charge in [-0.3, -0.25) is 4.79 Å². The molecule has 1 atom stereocenters. The predicted octanol–water partition coefficient (Wildman–Crippen LogP) is 3.40. The smallest absolute Gasteiger partial charge is 0.158 e. The third-order valence-electron chi connectivity index (χ3n) is 4.39. The topological polar surface area (TPSA) is 26.3 Å². The van der Waals surface area contributed by atoms with Gasteiger partial charge in [0.15, 0.2) is 5.78 Å². The first-order chi connectivity index (χ1) is 8.72. The first-order valence-electron chi connectivity index (χ1n) is 6.61. The Balaban J connectivity index is 2.13. The molecule has 2 nitrogen and oxygen atoms in total. The van der Waals surface area contributed by atoms with E-state index in [1.165, 1.54) is 16.7 Å². The Morgan fingerprint density at radius 3 is 2.83 bits per heavy atom. The van der Waals surface area contributed by atoms with E-state index in [2.05, 4.69) is 12.1 Å². The number of hydrogen-bond acceptors (Lipinski definition) is 2. The quantitative estimate of drug-likeness (QED) is 0.754. The first kappa shape index (κ1) is 11.5. The average molecular weight is 242 g/mol. The minimum Gasteiger partial charge on any atom is -0.496 e. The summed E-state index contributed by atoms with van der Waals surface area (Å²) in [5.41, 5.74) is 5.10. The first-order valence-corrected chi connectivity index (χ1v) is 6.61. The predicted molar refractivity (Wildman–Crippen MR) is 71.0 cm³/mol. The van der Waals surface area contributed by atoms with E-state index in [0.717, 1.165) is 30.6 Å². The second-order valence-electron chi connectivity index (χ2n) is 5.19. The van der Waals surface area contributed by atoms with Crippen LogP contribution in [-0.4, -0.2) is 12.9 Å². The van der Waals surface area contributed by atoms with Crippen molar-refractivity contribution in [1.82, 2.24) is 0 Å². The zero-order valence-electron chi connectivity index (χ0n) is 11.0. The van der Waals surface area contributed by atoms with Crippen LogP contribution >= 0.6 is 0 Å². The number of fused-ring (bicyclic) bond motifs is 3. The van der Waals surface area contributed by atoms with Gasteiger partial charge in [-0.15, -0.1) is 0 Å². The van der Waals surface area contributed by atoms with Gasteiger partial charge < -0.3 is 4.74 Å². The Labute approximate surface area is 108 Å². The van der Waals surface area contributed by atoms with Crippen LogP contribution in [0.3, 0.4) is 0 Å². The molecule has 1 unspecified atom stereocenters. The lowest BCUT2D eigenvalue weighted by molar-refractivity contribution is -0.116. The molecule has 94 valence electrons. The molecule has 1 aromatic rings. The second-order valence-corrected chi connectivity index (χ2v) is 5.19. The molecule has 2 aliphatic carbocycles. The lowest BCUT2D eigenvalue weighted by Crippen LogP contribution is -2.22. The maximum Gasteiger partial charge on any atom is 0.158 e. The second kappa shape index (κ2) is 4.27. The van der Waals surface area contributed by atoms with Crippen molar-refractivity contribution in [3.05, 3.63) is 40.5 Å². The fourth-order valence-corrected chi connectivity index (χ4v) is 3.41. The van der Waals surface area contributed by atoms with Crippen LogP contribution in [0.5, 0.6) is 5.75 Å². The van der Waals surface area contributed by atoms with E-state index in [1.807, 2.05) is 13.0 Å². The maximum atomic E-state index is 11.8. The van der Waals surface area contributed by atoms with Crippen molar-refractivity contribution in [2.45, 2.75) is 38.5 Å². The van der Waals surface area contributed by atoms with Crippen molar-refractivity contribution >= 4 is 5.78 Å². The van der Waals surface area contributed by atoms with Gasteiger partial charge in [-0.25, -0.2) is 0 Å². The molecule has 0 saturated carbocycles. The van der Waals surface area contributed by atoms with Gasteiger partial charge in [-0.05, 0) is 49.0 Å². The summed E-state index contributed by atoms with van der Waals surface area (Å²) in [5.74, 6) is 1.79. The number of allylic oxidation sites excluding steroid dienone is 2. The molecule has 1 aromatic carbocycles. The van der Waals surface area contributed by atoms with Crippen LogP contribution < -0.4 is 4.74 Å². The molecule has 0 aromatic heterocycles. The molecule has 18 heavy (non-hydrogen) atoms. The summed E-state index contributed by atoms with van der Waals surface area (Å²) in [6.45, 7) is 2.00. The fourth-order valence-electron chi connectivity index (χ4n) is 3.41. The maximum absolute atomic E-state index is 11.8. The molecule has 0 bridgehead atoms. The number of Topliss-reactive ketones (excluding diaryl/α,β-unsaturated/α-hetero) is 1. The van der Waals surface area contributed by atoms with Gasteiger partial charge >= 0.3 is 0 Å². The summed E-state index contributed by atoms with van der Waals surface area (Å²) in [6, 6.07) is 6.30. The highest BCUT2D eigenvalue weighted by molar-refractivity contribution is 5.97. The summed E-state index contributed by atoms with van der Waals surface area (Å²) >= 11 is 0. The van der Waals surface area contributed by atoms with Gasteiger partial charge in [0.25, 0.3) is 0 Å². The van der Waals surface area contributed by atoms with Crippen molar-refractivity contribution in [1.29, 1.82) is 0 Å². The largest absolute Gasteiger partial charge is 0.496 e. The van der Waals surface area contributed by atoms with E-state index in [4.69, 9.17) is 4.74 Å². The Hall–Kier alpha value is -1.57. The van der Waals surface area contributed by atoms with E-state index >= 15 is 0 Å². The molecule has 0 N–H and O–H groups in total. The van der Waals surface area contributed by atoms with Crippen LogP contribution in [0.2, 0.25) is 0 Å². The molecule has 0 saturated heterocycles. The lowest BCUT2D eigenvalue weighted by Gasteiger charge is -2.33. The van der Waals surface area contributed by atoms with Gasteiger partial charge in [0.05, 0.1) is 7.11 Å². The van der Waals surface area contributed by atoms with Gasteiger partial charge in [0, 0.05) is 12.3 Å². The summed E-state index contributed by atoms with van der Waals surface area (Å²) in [7, 11) is 1.73. The minimum atomic E-state index is 0.340. The number of methoxy groups -OCH3 is 1. The monoisotopic (exact) mass is 242 g/mol. The highest BCUT2D eigenvalue weighted by Gasteiger charge is 2.32. The molecule has 0 spiro atoms. The molecule has 0 aliphatic heterocycles. The molecule has 0 heterocycles. The average Bonchev–Trinajstić information content (AvgIpc) is 2.41. The Morgan fingerprint density at radius 2 is 2.06 bits per heavy atom. The summed E-state index contributed by atoms with van der Waals surface area (Å²) in [4.78, 5) is 11.8. The molecular formula is C16H18O2. The minimum absolute atomic E-state index is 0.340. The van der Waals surface area contributed by atoms with Crippen LogP contribution in [-0.2, 0) is 11.2 Å². The third kappa shape index (κ3) is 1.59. The molecule has 0 amide bonds. The van der Waals surface area contributed by atoms with Gasteiger partial charge in [-0.1, -0.05) is 17.7 Å². The third-order valence-corrected chi connectivity index (χ3v) is 4.39. The summed E-state index contributed by atoms with van der Waals surface area (Å²) in [5, 5.41) is 0. The van der Waals surface area contributed by atoms with Crippen LogP contribution in [0.1, 0.15) is 43.2 Å². The van der Waals surface area contributed by atoms with Crippen molar-refractivity contribution in [3.8, 4) is 5.75 Å². The van der Waals surface area contributed by atoms with Crippen LogP contribution in [0.25, 0.3) is 0 Å². The molecule has 0 radical (unpaired) electrons. The zero-order chi connectivity index (χ0) is 12.7. The highest BCUT2D eigenvalue weighted by atomic mass is 16.5. The molecule has 2 aliphatic rings. The number of hydrogen-bond donors (Lipinski definition) is 0. The summed E-state index contributed by atoms with van der Waals surface area (Å²) in [6.07, 6.45) is 3.66. The lowest BCUT2D eigenvalue weighted by atomic mass is 9.71.